The summed E-state index contributed by atoms with van der Waals surface area (Å²) in [5, 5.41) is 0. The summed E-state index contributed by atoms with van der Waals surface area (Å²) in [5.74, 6) is -0.0403. The van der Waals surface area contributed by atoms with Crippen LogP contribution in [0.4, 0.5) is 8.78 Å². The summed E-state index contributed by atoms with van der Waals surface area (Å²) in [5.41, 5.74) is 3.81. The lowest BCUT2D eigenvalue weighted by molar-refractivity contribution is 0.627. The van der Waals surface area contributed by atoms with Gasteiger partial charge in [0.15, 0.2) is 5.82 Å². The molecule has 0 aliphatic rings. The minimum Gasteiger partial charge on any atom is -0.228 e. The summed E-state index contributed by atoms with van der Waals surface area (Å²) in [6.45, 7) is 0. The van der Waals surface area contributed by atoms with Gasteiger partial charge in [0, 0.05) is 16.7 Å². The zero-order valence-electron chi connectivity index (χ0n) is 13.7. The van der Waals surface area contributed by atoms with E-state index >= 15 is 0 Å². The van der Waals surface area contributed by atoms with Crippen LogP contribution in [-0.4, -0.2) is 9.97 Å². The van der Waals surface area contributed by atoms with Crippen molar-refractivity contribution in [2.24, 2.45) is 0 Å². The predicted octanol–water partition coefficient (Wildman–Crippen LogP) is 5.76. The molecule has 0 saturated heterocycles. The lowest BCUT2D eigenvalue weighted by atomic mass is 10.1. The van der Waals surface area contributed by atoms with E-state index in [1.807, 2.05) is 36.4 Å². The number of nitrogens with zero attached hydrogens (tertiary/aromatic N) is 2. The molecule has 0 N–H and O–H groups in total. The van der Waals surface area contributed by atoms with E-state index in [4.69, 9.17) is 0 Å². The molecule has 0 bridgehead atoms. The number of halogens is 2. The second-order valence-electron chi connectivity index (χ2n) is 5.84. The van der Waals surface area contributed by atoms with Gasteiger partial charge in [0.1, 0.15) is 11.6 Å². The Hall–Kier alpha value is -3.40. The van der Waals surface area contributed by atoms with Crippen molar-refractivity contribution in [3.63, 3.8) is 0 Å². The fraction of sp³-hybridized carbons (Fsp3) is 0. The third kappa shape index (κ3) is 3.35. The van der Waals surface area contributed by atoms with Gasteiger partial charge in [-0.25, -0.2) is 18.7 Å². The van der Waals surface area contributed by atoms with Crippen LogP contribution in [0.25, 0.3) is 33.9 Å². The first-order valence-electron chi connectivity index (χ1n) is 8.15. The van der Waals surface area contributed by atoms with E-state index in [-0.39, 0.29) is 11.6 Å². The summed E-state index contributed by atoms with van der Waals surface area (Å²) in [7, 11) is 0. The zero-order chi connectivity index (χ0) is 17.9. The largest absolute Gasteiger partial charge is 0.228 e. The summed E-state index contributed by atoms with van der Waals surface area (Å²) in [6, 6.07) is 23.8. The Morgan fingerprint density at radius 3 is 1.42 bits per heavy atom. The van der Waals surface area contributed by atoms with Gasteiger partial charge in [0.2, 0.25) is 0 Å². The summed E-state index contributed by atoms with van der Waals surface area (Å²) < 4.78 is 26.5. The van der Waals surface area contributed by atoms with Crippen molar-refractivity contribution in [1.29, 1.82) is 0 Å². The molecule has 0 spiro atoms. The van der Waals surface area contributed by atoms with Gasteiger partial charge < -0.3 is 0 Å². The van der Waals surface area contributed by atoms with Gasteiger partial charge >= 0.3 is 0 Å². The molecule has 1 aromatic heterocycles. The number of benzene rings is 3. The number of hydrogen-bond acceptors (Lipinski definition) is 2. The van der Waals surface area contributed by atoms with Crippen LogP contribution < -0.4 is 0 Å². The quantitative estimate of drug-likeness (QED) is 0.472. The molecule has 126 valence electrons. The first kappa shape index (κ1) is 16.1. The maximum absolute atomic E-state index is 13.3. The van der Waals surface area contributed by atoms with Crippen LogP contribution in [0, 0.1) is 11.6 Å². The first-order valence-corrected chi connectivity index (χ1v) is 8.15. The standard InChI is InChI=1S/C22H14F2N2/c23-18-10-6-15(7-11-18)20-14-21(16-8-12-19(24)13-9-16)26-22(25-20)17-4-2-1-3-5-17/h1-14H. The second-order valence-corrected chi connectivity index (χ2v) is 5.84. The number of aromatic nitrogens is 2. The van der Waals surface area contributed by atoms with Crippen LogP contribution in [0.3, 0.4) is 0 Å². The fourth-order valence-corrected chi connectivity index (χ4v) is 2.70. The van der Waals surface area contributed by atoms with Crippen LogP contribution in [0.15, 0.2) is 84.9 Å². The molecule has 0 fully saturated rings. The van der Waals surface area contributed by atoms with Gasteiger partial charge in [-0.05, 0) is 54.6 Å². The monoisotopic (exact) mass is 344 g/mol. The van der Waals surface area contributed by atoms with Crippen LogP contribution in [0.5, 0.6) is 0 Å². The Morgan fingerprint density at radius 1 is 0.500 bits per heavy atom. The molecule has 0 aliphatic heterocycles. The van der Waals surface area contributed by atoms with Gasteiger partial charge in [0.05, 0.1) is 11.4 Å². The molecule has 0 atom stereocenters. The Morgan fingerprint density at radius 2 is 0.962 bits per heavy atom. The maximum atomic E-state index is 13.3. The fourth-order valence-electron chi connectivity index (χ4n) is 2.70. The minimum absolute atomic E-state index is 0.301. The number of rotatable bonds is 3. The maximum Gasteiger partial charge on any atom is 0.160 e. The smallest absolute Gasteiger partial charge is 0.160 e. The van der Waals surface area contributed by atoms with Crippen LogP contribution in [-0.2, 0) is 0 Å². The molecule has 2 nitrogen and oxygen atoms in total. The molecule has 0 unspecified atom stereocenters. The summed E-state index contributed by atoms with van der Waals surface area (Å²) >= 11 is 0. The van der Waals surface area contributed by atoms with Crippen LogP contribution in [0.1, 0.15) is 0 Å². The Bertz CT molecular complexity index is 964. The van der Waals surface area contributed by atoms with E-state index in [1.165, 1.54) is 24.3 Å². The third-order valence-corrected chi connectivity index (χ3v) is 4.04. The molecule has 26 heavy (non-hydrogen) atoms. The minimum atomic E-state index is -0.301. The molecule has 0 radical (unpaired) electrons. The van der Waals surface area contributed by atoms with E-state index in [1.54, 1.807) is 24.3 Å². The lowest BCUT2D eigenvalue weighted by Crippen LogP contribution is -1.96. The van der Waals surface area contributed by atoms with Gasteiger partial charge in [-0.3, -0.25) is 0 Å². The lowest BCUT2D eigenvalue weighted by Gasteiger charge is -2.09. The molecule has 4 aromatic rings. The van der Waals surface area contributed by atoms with E-state index < -0.39 is 0 Å². The van der Waals surface area contributed by atoms with Crippen molar-refractivity contribution in [3.8, 4) is 33.9 Å². The molecule has 0 amide bonds. The van der Waals surface area contributed by atoms with Crippen LogP contribution in [0.2, 0.25) is 0 Å². The molecular formula is C22H14F2N2. The average Bonchev–Trinajstić information content (AvgIpc) is 2.69. The Kier molecular flexibility index (Phi) is 4.23. The van der Waals surface area contributed by atoms with E-state index in [9.17, 15) is 8.78 Å². The molecule has 0 aliphatic carbocycles. The molecular weight excluding hydrogens is 330 g/mol. The van der Waals surface area contributed by atoms with Gasteiger partial charge in [-0.15, -0.1) is 0 Å². The van der Waals surface area contributed by atoms with Crippen LogP contribution >= 0.6 is 0 Å². The van der Waals surface area contributed by atoms with Gasteiger partial charge in [-0.2, -0.15) is 0 Å². The topological polar surface area (TPSA) is 25.8 Å². The van der Waals surface area contributed by atoms with E-state index in [0.717, 1.165) is 16.7 Å². The molecule has 4 heteroatoms. The molecule has 4 rings (SSSR count). The second kappa shape index (κ2) is 6.84. The number of hydrogen-bond donors (Lipinski definition) is 0. The Balaban J connectivity index is 1.89. The van der Waals surface area contributed by atoms with Crippen molar-refractivity contribution >= 4 is 0 Å². The van der Waals surface area contributed by atoms with E-state index in [0.29, 0.717) is 17.2 Å². The normalized spacial score (nSPS) is 10.7. The highest BCUT2D eigenvalue weighted by Crippen LogP contribution is 2.27. The summed E-state index contributed by atoms with van der Waals surface area (Å²) in [4.78, 5) is 9.28. The van der Waals surface area contributed by atoms with Crippen molar-refractivity contribution in [2.75, 3.05) is 0 Å². The highest BCUT2D eigenvalue weighted by Gasteiger charge is 2.10. The van der Waals surface area contributed by atoms with Crippen molar-refractivity contribution in [3.05, 3.63) is 96.6 Å². The van der Waals surface area contributed by atoms with Crippen molar-refractivity contribution in [2.45, 2.75) is 0 Å². The van der Waals surface area contributed by atoms with Gasteiger partial charge in [0.25, 0.3) is 0 Å². The first-order chi connectivity index (χ1) is 12.7. The SMILES string of the molecule is Fc1ccc(-c2cc(-c3ccc(F)cc3)nc(-c3ccccc3)n2)cc1. The van der Waals surface area contributed by atoms with Crippen molar-refractivity contribution < 1.29 is 8.78 Å². The molecule has 3 aromatic carbocycles. The predicted molar refractivity (Wildman–Crippen MR) is 98.3 cm³/mol. The highest BCUT2D eigenvalue weighted by atomic mass is 19.1. The zero-order valence-corrected chi connectivity index (χ0v) is 13.7. The summed E-state index contributed by atoms with van der Waals surface area (Å²) in [6.07, 6.45) is 0. The molecule has 0 saturated carbocycles. The van der Waals surface area contributed by atoms with Gasteiger partial charge in [-0.1, -0.05) is 30.3 Å². The third-order valence-electron chi connectivity index (χ3n) is 4.04. The Labute approximate surface area is 149 Å². The van der Waals surface area contributed by atoms with E-state index in [2.05, 4.69) is 9.97 Å². The average molecular weight is 344 g/mol. The highest BCUT2D eigenvalue weighted by molar-refractivity contribution is 5.71. The molecule has 1 heterocycles. The van der Waals surface area contributed by atoms with Crippen molar-refractivity contribution in [1.82, 2.24) is 9.97 Å².